The van der Waals surface area contributed by atoms with Gasteiger partial charge in [0.2, 0.25) is 11.8 Å². The van der Waals surface area contributed by atoms with Gasteiger partial charge in [-0.05, 0) is 44.0 Å². The molecule has 0 unspecified atom stereocenters. The Balaban J connectivity index is 1.73. The number of aryl methyl sites for hydroxylation is 2. The summed E-state index contributed by atoms with van der Waals surface area (Å²) in [6, 6.07) is 9.54. The Morgan fingerprint density at radius 1 is 1.15 bits per heavy atom. The molecule has 0 aliphatic carbocycles. The lowest BCUT2D eigenvalue weighted by molar-refractivity contribution is -0.123. The summed E-state index contributed by atoms with van der Waals surface area (Å²) in [5, 5.41) is 9.96. The standard InChI is InChI=1S/C20H29N5O2/c1-3-12-24(16-20(27)23-18-9-5-4-8-17(18)2)15-19(26)21-10-6-13-25-14-7-11-22-25/h4-5,7-9,11,14H,3,6,10,12-13,15-16H2,1-2H3,(H,21,26)(H,23,27). The lowest BCUT2D eigenvalue weighted by atomic mass is 10.2. The predicted octanol–water partition coefficient (Wildman–Crippen LogP) is 2.05. The zero-order valence-corrected chi connectivity index (χ0v) is 16.1. The van der Waals surface area contributed by atoms with Gasteiger partial charge in [0.15, 0.2) is 0 Å². The summed E-state index contributed by atoms with van der Waals surface area (Å²) in [6.45, 7) is 6.46. The van der Waals surface area contributed by atoms with Crippen LogP contribution in [0.15, 0.2) is 42.7 Å². The summed E-state index contributed by atoms with van der Waals surface area (Å²) in [5.74, 6) is -0.170. The number of para-hydroxylation sites is 1. The van der Waals surface area contributed by atoms with Crippen molar-refractivity contribution in [2.24, 2.45) is 0 Å². The second-order valence-corrected chi connectivity index (χ2v) is 6.55. The van der Waals surface area contributed by atoms with Crippen molar-refractivity contribution in [3.8, 4) is 0 Å². The van der Waals surface area contributed by atoms with Crippen molar-refractivity contribution < 1.29 is 9.59 Å². The number of hydrogen-bond donors (Lipinski definition) is 2. The third kappa shape index (κ3) is 7.62. The highest BCUT2D eigenvalue weighted by atomic mass is 16.2. The van der Waals surface area contributed by atoms with Crippen LogP contribution in [0.3, 0.4) is 0 Å². The fourth-order valence-electron chi connectivity index (χ4n) is 2.80. The second-order valence-electron chi connectivity index (χ2n) is 6.55. The maximum Gasteiger partial charge on any atom is 0.238 e. The number of carbonyl (C=O) groups excluding carboxylic acids is 2. The highest BCUT2D eigenvalue weighted by molar-refractivity contribution is 5.93. The van der Waals surface area contributed by atoms with E-state index in [1.165, 1.54) is 0 Å². The van der Waals surface area contributed by atoms with Crippen molar-refractivity contribution >= 4 is 17.5 Å². The molecule has 1 aromatic carbocycles. The number of rotatable bonds is 11. The quantitative estimate of drug-likeness (QED) is 0.593. The Kier molecular flexibility index (Phi) is 8.51. The Hall–Kier alpha value is -2.67. The molecule has 2 rings (SSSR count). The molecule has 27 heavy (non-hydrogen) atoms. The first kappa shape index (κ1) is 20.6. The molecule has 0 bridgehead atoms. The molecule has 2 aromatic rings. The monoisotopic (exact) mass is 371 g/mol. The van der Waals surface area contributed by atoms with Crippen LogP contribution in [0.4, 0.5) is 5.69 Å². The van der Waals surface area contributed by atoms with Crippen molar-refractivity contribution in [2.45, 2.75) is 33.2 Å². The molecule has 0 saturated carbocycles. The van der Waals surface area contributed by atoms with Crippen LogP contribution in [0.5, 0.6) is 0 Å². The molecule has 0 fully saturated rings. The van der Waals surface area contributed by atoms with Gasteiger partial charge in [-0.25, -0.2) is 0 Å². The van der Waals surface area contributed by atoms with Gasteiger partial charge < -0.3 is 10.6 Å². The largest absolute Gasteiger partial charge is 0.355 e. The van der Waals surface area contributed by atoms with Crippen LogP contribution in [-0.4, -0.2) is 52.7 Å². The van der Waals surface area contributed by atoms with E-state index >= 15 is 0 Å². The first-order valence-corrected chi connectivity index (χ1v) is 9.40. The summed E-state index contributed by atoms with van der Waals surface area (Å²) in [4.78, 5) is 26.4. The molecule has 0 aliphatic rings. The minimum absolute atomic E-state index is 0.0624. The number of amides is 2. The third-order valence-electron chi connectivity index (χ3n) is 4.14. The Morgan fingerprint density at radius 3 is 2.63 bits per heavy atom. The molecule has 7 heteroatoms. The van der Waals surface area contributed by atoms with E-state index in [9.17, 15) is 9.59 Å². The van der Waals surface area contributed by atoms with E-state index < -0.39 is 0 Å². The van der Waals surface area contributed by atoms with Crippen LogP contribution in [0, 0.1) is 6.92 Å². The SMILES string of the molecule is CCCN(CC(=O)NCCCn1cccn1)CC(=O)Nc1ccccc1C. The molecular formula is C20H29N5O2. The van der Waals surface area contributed by atoms with Crippen LogP contribution >= 0.6 is 0 Å². The van der Waals surface area contributed by atoms with Gasteiger partial charge in [0.25, 0.3) is 0 Å². The number of carbonyl (C=O) groups is 2. The molecular weight excluding hydrogens is 342 g/mol. The fraction of sp³-hybridized carbons (Fsp3) is 0.450. The summed E-state index contributed by atoms with van der Waals surface area (Å²) >= 11 is 0. The first-order valence-electron chi connectivity index (χ1n) is 9.40. The van der Waals surface area contributed by atoms with Crippen molar-refractivity contribution in [1.82, 2.24) is 20.0 Å². The molecule has 146 valence electrons. The van der Waals surface area contributed by atoms with Gasteiger partial charge in [-0.1, -0.05) is 25.1 Å². The molecule has 2 amide bonds. The summed E-state index contributed by atoms with van der Waals surface area (Å²) in [6.07, 6.45) is 5.33. The van der Waals surface area contributed by atoms with E-state index in [0.717, 1.165) is 30.6 Å². The maximum atomic E-state index is 12.3. The van der Waals surface area contributed by atoms with Crippen molar-refractivity contribution in [3.05, 3.63) is 48.3 Å². The molecule has 2 N–H and O–H groups in total. The van der Waals surface area contributed by atoms with Crippen LogP contribution in [0.1, 0.15) is 25.3 Å². The first-order chi connectivity index (χ1) is 13.1. The van der Waals surface area contributed by atoms with E-state index in [1.807, 2.05) is 60.0 Å². The minimum atomic E-state index is -0.107. The summed E-state index contributed by atoms with van der Waals surface area (Å²) in [5.41, 5.74) is 1.82. The van der Waals surface area contributed by atoms with Crippen molar-refractivity contribution in [1.29, 1.82) is 0 Å². The Bertz CT molecular complexity index is 715. The lowest BCUT2D eigenvalue weighted by Gasteiger charge is -2.21. The molecule has 0 aliphatic heterocycles. The topological polar surface area (TPSA) is 79.3 Å². The average Bonchev–Trinajstić information content (AvgIpc) is 3.14. The van der Waals surface area contributed by atoms with Gasteiger partial charge in [-0.15, -0.1) is 0 Å². The van der Waals surface area contributed by atoms with Gasteiger partial charge in [-0.3, -0.25) is 19.2 Å². The van der Waals surface area contributed by atoms with Gasteiger partial charge in [-0.2, -0.15) is 5.10 Å². The predicted molar refractivity (Wildman–Crippen MR) is 106 cm³/mol. The smallest absolute Gasteiger partial charge is 0.238 e. The van der Waals surface area contributed by atoms with Crippen LogP contribution < -0.4 is 10.6 Å². The minimum Gasteiger partial charge on any atom is -0.355 e. The van der Waals surface area contributed by atoms with Gasteiger partial charge in [0, 0.05) is 31.2 Å². The van der Waals surface area contributed by atoms with E-state index in [4.69, 9.17) is 0 Å². The summed E-state index contributed by atoms with van der Waals surface area (Å²) in [7, 11) is 0. The highest BCUT2D eigenvalue weighted by Gasteiger charge is 2.14. The fourth-order valence-corrected chi connectivity index (χ4v) is 2.80. The number of nitrogens with one attached hydrogen (secondary N) is 2. The summed E-state index contributed by atoms with van der Waals surface area (Å²) < 4.78 is 1.84. The highest BCUT2D eigenvalue weighted by Crippen LogP contribution is 2.12. The second kappa shape index (κ2) is 11.1. The van der Waals surface area contributed by atoms with E-state index in [2.05, 4.69) is 15.7 Å². The molecule has 0 radical (unpaired) electrons. The number of hydrogen-bond acceptors (Lipinski definition) is 4. The van der Waals surface area contributed by atoms with Gasteiger partial charge in [0.1, 0.15) is 0 Å². The van der Waals surface area contributed by atoms with Crippen LogP contribution in [0.2, 0.25) is 0 Å². The molecule has 1 heterocycles. The maximum absolute atomic E-state index is 12.3. The van der Waals surface area contributed by atoms with E-state index in [-0.39, 0.29) is 24.9 Å². The number of benzene rings is 1. The van der Waals surface area contributed by atoms with E-state index in [1.54, 1.807) is 6.20 Å². The molecule has 1 aromatic heterocycles. The average molecular weight is 371 g/mol. The Labute approximate surface area is 160 Å². The van der Waals surface area contributed by atoms with Crippen LogP contribution in [0.25, 0.3) is 0 Å². The number of nitrogens with zero attached hydrogens (tertiary/aromatic N) is 3. The van der Waals surface area contributed by atoms with Gasteiger partial charge in [0.05, 0.1) is 13.1 Å². The number of aromatic nitrogens is 2. The Morgan fingerprint density at radius 2 is 1.93 bits per heavy atom. The lowest BCUT2D eigenvalue weighted by Crippen LogP contribution is -2.41. The van der Waals surface area contributed by atoms with Gasteiger partial charge >= 0.3 is 0 Å². The molecule has 0 spiro atoms. The number of anilines is 1. The molecule has 0 atom stereocenters. The third-order valence-corrected chi connectivity index (χ3v) is 4.14. The van der Waals surface area contributed by atoms with E-state index in [0.29, 0.717) is 13.1 Å². The van der Waals surface area contributed by atoms with Crippen molar-refractivity contribution in [2.75, 3.05) is 31.5 Å². The van der Waals surface area contributed by atoms with Crippen molar-refractivity contribution in [3.63, 3.8) is 0 Å². The zero-order valence-electron chi connectivity index (χ0n) is 16.1. The molecule has 7 nitrogen and oxygen atoms in total. The molecule has 0 saturated heterocycles. The zero-order chi connectivity index (χ0) is 19.5. The normalized spacial score (nSPS) is 10.8. The van der Waals surface area contributed by atoms with Crippen LogP contribution in [-0.2, 0) is 16.1 Å².